The third-order valence-electron chi connectivity index (χ3n) is 4.16. The van der Waals surface area contributed by atoms with Crippen LogP contribution in [-0.4, -0.2) is 50.0 Å². The molecule has 0 radical (unpaired) electrons. The molecule has 0 unspecified atom stereocenters. The Morgan fingerprint density at radius 2 is 1.43 bits per heavy atom. The number of likely N-dealkylation sites (N-methyl/N-ethyl adjacent to an activating group) is 1. The second-order valence-corrected chi connectivity index (χ2v) is 7.08. The summed E-state index contributed by atoms with van der Waals surface area (Å²) in [6.45, 7) is 4.11. The molecule has 1 atom stereocenters. The number of benzene rings is 2. The summed E-state index contributed by atoms with van der Waals surface area (Å²) in [5.41, 5.74) is 1.95. The minimum Gasteiger partial charge on any atom is -0.497 e. The molecule has 6 heteroatoms. The van der Waals surface area contributed by atoms with Crippen molar-refractivity contribution < 1.29 is 14.3 Å². The molecule has 0 heterocycles. The molecule has 2 N–H and O–H groups in total. The summed E-state index contributed by atoms with van der Waals surface area (Å²) >= 11 is 0. The van der Waals surface area contributed by atoms with E-state index in [2.05, 4.69) is 10.6 Å². The average molecular weight is 383 g/mol. The summed E-state index contributed by atoms with van der Waals surface area (Å²) in [6, 6.07) is 17.2. The normalized spacial score (nSPS) is 11.9. The van der Waals surface area contributed by atoms with Crippen molar-refractivity contribution in [3.05, 3.63) is 65.7 Å². The molecule has 0 fully saturated rings. The number of amides is 2. The summed E-state index contributed by atoms with van der Waals surface area (Å²) in [5, 5.41) is 5.90. The van der Waals surface area contributed by atoms with E-state index in [1.165, 1.54) is 0 Å². The molecule has 2 aromatic rings. The van der Waals surface area contributed by atoms with E-state index in [0.29, 0.717) is 0 Å². The zero-order chi connectivity index (χ0) is 20.5. The maximum atomic E-state index is 12.6. The van der Waals surface area contributed by atoms with E-state index in [0.717, 1.165) is 16.9 Å². The second-order valence-electron chi connectivity index (χ2n) is 7.08. The van der Waals surface area contributed by atoms with Gasteiger partial charge in [0, 0.05) is 6.04 Å². The highest BCUT2D eigenvalue weighted by molar-refractivity contribution is 5.81. The first kappa shape index (κ1) is 21.4. The van der Waals surface area contributed by atoms with Crippen molar-refractivity contribution in [2.45, 2.75) is 25.9 Å². The number of nitrogens with zero attached hydrogens (tertiary/aromatic N) is 1. The van der Waals surface area contributed by atoms with Gasteiger partial charge in [0.05, 0.1) is 26.2 Å². The van der Waals surface area contributed by atoms with Crippen LogP contribution in [0.4, 0.5) is 0 Å². The highest BCUT2D eigenvalue weighted by atomic mass is 16.5. The van der Waals surface area contributed by atoms with E-state index >= 15 is 0 Å². The highest BCUT2D eigenvalue weighted by Crippen LogP contribution is 2.24. The zero-order valence-electron chi connectivity index (χ0n) is 16.9. The van der Waals surface area contributed by atoms with Crippen LogP contribution in [0.5, 0.6) is 5.75 Å². The van der Waals surface area contributed by atoms with E-state index < -0.39 is 0 Å². The molecule has 28 heavy (non-hydrogen) atoms. The second kappa shape index (κ2) is 10.5. The third-order valence-corrected chi connectivity index (χ3v) is 4.16. The molecule has 0 aromatic heterocycles. The number of hydrogen-bond donors (Lipinski definition) is 2. The predicted molar refractivity (Wildman–Crippen MR) is 110 cm³/mol. The number of rotatable bonds is 9. The van der Waals surface area contributed by atoms with Gasteiger partial charge in [-0.3, -0.25) is 14.5 Å². The van der Waals surface area contributed by atoms with Gasteiger partial charge in [-0.15, -0.1) is 0 Å². The lowest BCUT2D eigenvalue weighted by atomic mass is 9.98. The Balaban J connectivity index is 2.07. The monoisotopic (exact) mass is 383 g/mol. The molecular formula is C22H29N3O3. The van der Waals surface area contributed by atoms with E-state index in [4.69, 9.17) is 4.74 Å². The lowest BCUT2D eigenvalue weighted by Crippen LogP contribution is -2.43. The molecule has 0 saturated heterocycles. The molecular weight excluding hydrogens is 354 g/mol. The van der Waals surface area contributed by atoms with Gasteiger partial charge in [-0.2, -0.15) is 0 Å². The van der Waals surface area contributed by atoms with Gasteiger partial charge in [0.25, 0.3) is 0 Å². The Morgan fingerprint density at radius 3 is 1.96 bits per heavy atom. The predicted octanol–water partition coefficient (Wildman–Crippen LogP) is 2.36. The summed E-state index contributed by atoms with van der Waals surface area (Å²) < 4.78 is 5.22. The third kappa shape index (κ3) is 6.70. The van der Waals surface area contributed by atoms with Crippen LogP contribution < -0.4 is 15.4 Å². The molecule has 0 bridgehead atoms. The fraction of sp³-hybridized carbons (Fsp3) is 0.364. The van der Waals surface area contributed by atoms with E-state index in [-0.39, 0.29) is 37.0 Å². The van der Waals surface area contributed by atoms with E-state index in [1.807, 2.05) is 68.4 Å². The molecule has 2 rings (SSSR count). The van der Waals surface area contributed by atoms with Crippen molar-refractivity contribution in [1.29, 1.82) is 0 Å². The SMILES string of the molecule is COc1ccc([C@@H](NC(=O)CN(C)CC(=O)NC(C)C)c2ccccc2)cc1. The van der Waals surface area contributed by atoms with Crippen LogP contribution in [0.2, 0.25) is 0 Å². The van der Waals surface area contributed by atoms with Crippen LogP contribution in [0, 0.1) is 0 Å². The Bertz CT molecular complexity index is 760. The molecule has 0 aliphatic heterocycles. The molecule has 150 valence electrons. The summed E-state index contributed by atoms with van der Waals surface area (Å²) in [4.78, 5) is 26.2. The van der Waals surface area contributed by atoms with Crippen molar-refractivity contribution in [1.82, 2.24) is 15.5 Å². The Morgan fingerprint density at radius 1 is 0.893 bits per heavy atom. The molecule has 0 aliphatic carbocycles. The number of hydrogen-bond acceptors (Lipinski definition) is 4. The molecule has 0 spiro atoms. The first-order chi connectivity index (χ1) is 13.4. The number of carbonyl (C=O) groups is 2. The van der Waals surface area contributed by atoms with Gasteiger partial charge in [0.15, 0.2) is 0 Å². The Labute approximate surface area is 166 Å². The van der Waals surface area contributed by atoms with Gasteiger partial charge >= 0.3 is 0 Å². The summed E-state index contributed by atoms with van der Waals surface area (Å²) in [6.07, 6.45) is 0. The van der Waals surface area contributed by atoms with E-state index in [9.17, 15) is 9.59 Å². The maximum absolute atomic E-state index is 12.6. The summed E-state index contributed by atoms with van der Waals surface area (Å²) in [7, 11) is 3.38. The van der Waals surface area contributed by atoms with Crippen molar-refractivity contribution in [3.8, 4) is 5.75 Å². The van der Waals surface area contributed by atoms with Crippen LogP contribution in [0.1, 0.15) is 31.0 Å². The maximum Gasteiger partial charge on any atom is 0.234 e. The van der Waals surface area contributed by atoms with Gasteiger partial charge in [0.1, 0.15) is 5.75 Å². The number of nitrogens with one attached hydrogen (secondary N) is 2. The van der Waals surface area contributed by atoms with Crippen LogP contribution in [0.15, 0.2) is 54.6 Å². The van der Waals surface area contributed by atoms with Crippen LogP contribution >= 0.6 is 0 Å². The van der Waals surface area contributed by atoms with Crippen LogP contribution in [0.3, 0.4) is 0 Å². The van der Waals surface area contributed by atoms with Crippen LogP contribution in [0.25, 0.3) is 0 Å². The first-order valence-corrected chi connectivity index (χ1v) is 9.35. The number of methoxy groups -OCH3 is 1. The lowest BCUT2D eigenvalue weighted by molar-refractivity contribution is -0.125. The Hall–Kier alpha value is -2.86. The standard InChI is InChI=1S/C22H29N3O3/c1-16(2)23-20(26)14-25(3)15-21(27)24-22(17-8-6-5-7-9-17)18-10-12-19(28-4)13-11-18/h5-13,16,22H,14-15H2,1-4H3,(H,23,26)(H,24,27)/t22-/m0/s1. The molecule has 6 nitrogen and oxygen atoms in total. The average Bonchev–Trinajstić information content (AvgIpc) is 2.66. The largest absolute Gasteiger partial charge is 0.497 e. The smallest absolute Gasteiger partial charge is 0.234 e. The van der Waals surface area contributed by atoms with E-state index in [1.54, 1.807) is 19.1 Å². The first-order valence-electron chi connectivity index (χ1n) is 9.35. The number of ether oxygens (including phenoxy) is 1. The van der Waals surface area contributed by atoms with Gasteiger partial charge in [-0.25, -0.2) is 0 Å². The minimum absolute atomic E-state index is 0.0762. The van der Waals surface area contributed by atoms with Crippen LogP contribution in [-0.2, 0) is 9.59 Å². The zero-order valence-corrected chi connectivity index (χ0v) is 16.9. The topological polar surface area (TPSA) is 70.7 Å². The van der Waals surface area contributed by atoms with Gasteiger partial charge < -0.3 is 15.4 Å². The summed E-state index contributed by atoms with van der Waals surface area (Å²) in [5.74, 6) is 0.516. The molecule has 0 saturated carbocycles. The fourth-order valence-corrected chi connectivity index (χ4v) is 2.92. The highest BCUT2D eigenvalue weighted by Gasteiger charge is 2.18. The van der Waals surface area contributed by atoms with Crippen molar-refractivity contribution in [2.75, 3.05) is 27.2 Å². The number of carbonyl (C=O) groups excluding carboxylic acids is 2. The fourth-order valence-electron chi connectivity index (χ4n) is 2.92. The molecule has 2 amide bonds. The van der Waals surface area contributed by atoms with Crippen molar-refractivity contribution in [2.24, 2.45) is 0 Å². The quantitative estimate of drug-likeness (QED) is 0.697. The van der Waals surface area contributed by atoms with Gasteiger partial charge in [0.2, 0.25) is 11.8 Å². The lowest BCUT2D eigenvalue weighted by Gasteiger charge is -2.22. The molecule has 0 aliphatic rings. The van der Waals surface area contributed by atoms with Gasteiger partial charge in [-0.05, 0) is 44.2 Å². The minimum atomic E-state index is -0.280. The molecule has 2 aromatic carbocycles. The van der Waals surface area contributed by atoms with Gasteiger partial charge in [-0.1, -0.05) is 42.5 Å². The Kier molecular flexibility index (Phi) is 8.02. The van der Waals surface area contributed by atoms with Crippen molar-refractivity contribution >= 4 is 11.8 Å². The van der Waals surface area contributed by atoms with Crippen molar-refractivity contribution in [3.63, 3.8) is 0 Å².